The van der Waals surface area contributed by atoms with Gasteiger partial charge >= 0.3 is 0 Å². The van der Waals surface area contributed by atoms with E-state index in [1.807, 2.05) is 39.0 Å². The largest absolute Gasteiger partial charge is 0.485 e. The zero-order chi connectivity index (χ0) is 22.7. The van der Waals surface area contributed by atoms with Gasteiger partial charge in [-0.3, -0.25) is 9.78 Å². The fourth-order valence-corrected chi connectivity index (χ4v) is 3.38. The molecule has 1 amide bonds. The highest BCUT2D eigenvalue weighted by Crippen LogP contribution is 2.27. The Labute approximate surface area is 186 Å². The summed E-state index contributed by atoms with van der Waals surface area (Å²) in [7, 11) is 0. The number of benzene rings is 1. The molecule has 1 saturated heterocycles. The molecule has 8 heteroatoms. The van der Waals surface area contributed by atoms with Crippen LogP contribution in [0.4, 0.5) is 0 Å². The van der Waals surface area contributed by atoms with Crippen molar-refractivity contribution >= 4 is 5.91 Å². The van der Waals surface area contributed by atoms with Crippen LogP contribution in [0.25, 0.3) is 11.3 Å². The molecule has 2 aromatic heterocycles. The van der Waals surface area contributed by atoms with Crippen LogP contribution in [-0.4, -0.2) is 51.4 Å². The molecule has 8 nitrogen and oxygen atoms in total. The molecule has 166 valence electrons. The van der Waals surface area contributed by atoms with Gasteiger partial charge in [-0.2, -0.15) is 0 Å². The molecule has 4 rings (SSSR count). The summed E-state index contributed by atoms with van der Waals surface area (Å²) in [4.78, 5) is 25.9. The lowest BCUT2D eigenvalue weighted by Crippen LogP contribution is -2.30. The van der Waals surface area contributed by atoms with Crippen LogP contribution in [-0.2, 0) is 4.74 Å². The number of ether oxygens (including phenoxy) is 2. The Hall–Kier alpha value is -3.36. The maximum atomic E-state index is 13.1. The van der Waals surface area contributed by atoms with Gasteiger partial charge in [0, 0.05) is 35.3 Å². The quantitative estimate of drug-likeness (QED) is 0.614. The van der Waals surface area contributed by atoms with Crippen molar-refractivity contribution in [3.63, 3.8) is 0 Å². The highest BCUT2D eigenvalue weighted by atomic mass is 16.6. The molecule has 0 saturated carbocycles. The Morgan fingerprint density at radius 2 is 1.91 bits per heavy atom. The molecule has 32 heavy (non-hydrogen) atoms. The minimum atomic E-state index is -0.713. The van der Waals surface area contributed by atoms with Gasteiger partial charge in [0.25, 0.3) is 5.91 Å². The van der Waals surface area contributed by atoms with Crippen LogP contribution in [0.15, 0.2) is 48.9 Å². The van der Waals surface area contributed by atoms with Gasteiger partial charge in [-0.25, -0.2) is 9.97 Å². The van der Waals surface area contributed by atoms with Crippen LogP contribution in [0.3, 0.4) is 0 Å². The van der Waals surface area contributed by atoms with Crippen molar-refractivity contribution in [1.29, 1.82) is 0 Å². The molecular formula is C24H26N4O4. The first kappa shape index (κ1) is 21.9. The topological polar surface area (TPSA) is 106 Å². The second kappa shape index (κ2) is 9.42. The molecule has 0 radical (unpaired) electrons. The maximum Gasteiger partial charge on any atom is 0.251 e. The second-order valence-electron chi connectivity index (χ2n) is 7.99. The summed E-state index contributed by atoms with van der Waals surface area (Å²) in [6, 6.07) is 8.84. The molecular weight excluding hydrogens is 408 g/mol. The first-order valence-electron chi connectivity index (χ1n) is 10.5. The van der Waals surface area contributed by atoms with Gasteiger partial charge in [0.1, 0.15) is 23.8 Å². The number of rotatable bonds is 6. The van der Waals surface area contributed by atoms with Crippen molar-refractivity contribution < 1.29 is 19.4 Å². The molecule has 2 unspecified atom stereocenters. The summed E-state index contributed by atoms with van der Waals surface area (Å²) in [5, 5.41) is 13.0. The van der Waals surface area contributed by atoms with E-state index in [9.17, 15) is 9.90 Å². The number of aromatic nitrogens is 3. The number of aliphatic hydroxyl groups is 1. The van der Waals surface area contributed by atoms with E-state index in [2.05, 4.69) is 20.3 Å². The molecule has 1 aromatic carbocycles. The number of carbonyl (C=O) groups excluding carboxylic acids is 1. The van der Waals surface area contributed by atoms with E-state index in [1.54, 1.807) is 30.7 Å². The lowest BCUT2D eigenvalue weighted by Gasteiger charge is -2.18. The number of nitrogens with one attached hydrogen (secondary N) is 1. The SMILES string of the molecule is Cc1ccc(-c2cc(OC3COCC3O)cc(C(=O)N[C@H](C)c3cnc(C)nc3)c2)nc1. The molecule has 3 heterocycles. The van der Waals surface area contributed by atoms with E-state index in [1.165, 1.54) is 0 Å². The predicted molar refractivity (Wildman–Crippen MR) is 118 cm³/mol. The molecule has 1 fully saturated rings. The summed E-state index contributed by atoms with van der Waals surface area (Å²) in [5.41, 5.74) is 3.74. The third-order valence-corrected chi connectivity index (χ3v) is 5.31. The Balaban J connectivity index is 1.62. The number of pyridine rings is 1. The zero-order valence-electron chi connectivity index (χ0n) is 18.3. The van der Waals surface area contributed by atoms with Crippen LogP contribution >= 0.6 is 0 Å². The summed E-state index contributed by atoms with van der Waals surface area (Å²) in [6.45, 7) is 6.17. The number of hydrogen-bond donors (Lipinski definition) is 2. The lowest BCUT2D eigenvalue weighted by molar-refractivity contribution is 0.0732. The van der Waals surface area contributed by atoms with Gasteiger partial charge in [0.05, 0.1) is 24.9 Å². The summed E-state index contributed by atoms with van der Waals surface area (Å²) >= 11 is 0. The molecule has 2 N–H and O–H groups in total. The minimum absolute atomic E-state index is 0.230. The van der Waals surface area contributed by atoms with Crippen LogP contribution < -0.4 is 10.1 Å². The van der Waals surface area contributed by atoms with E-state index in [0.29, 0.717) is 23.7 Å². The fourth-order valence-electron chi connectivity index (χ4n) is 3.38. The van der Waals surface area contributed by atoms with E-state index in [4.69, 9.17) is 9.47 Å². The zero-order valence-corrected chi connectivity index (χ0v) is 18.3. The molecule has 1 aliphatic heterocycles. The number of aliphatic hydroxyl groups excluding tert-OH is 1. The summed E-state index contributed by atoms with van der Waals surface area (Å²) < 4.78 is 11.2. The Bertz CT molecular complexity index is 1090. The fraction of sp³-hybridized carbons (Fsp3) is 0.333. The van der Waals surface area contributed by atoms with Gasteiger partial charge in [0.2, 0.25) is 0 Å². The average Bonchev–Trinajstić information content (AvgIpc) is 3.18. The summed E-state index contributed by atoms with van der Waals surface area (Å²) in [5.74, 6) is 0.876. The lowest BCUT2D eigenvalue weighted by atomic mass is 10.0. The normalized spacial score (nSPS) is 18.9. The minimum Gasteiger partial charge on any atom is -0.485 e. The van der Waals surface area contributed by atoms with Crippen LogP contribution in [0.1, 0.15) is 40.3 Å². The monoisotopic (exact) mass is 434 g/mol. The first-order chi connectivity index (χ1) is 15.4. The van der Waals surface area contributed by atoms with Crippen molar-refractivity contribution in [1.82, 2.24) is 20.3 Å². The Morgan fingerprint density at radius 3 is 2.56 bits per heavy atom. The second-order valence-corrected chi connectivity index (χ2v) is 7.99. The number of hydrogen-bond acceptors (Lipinski definition) is 7. The van der Waals surface area contributed by atoms with Gasteiger partial charge < -0.3 is 19.9 Å². The highest BCUT2D eigenvalue weighted by Gasteiger charge is 2.28. The Morgan fingerprint density at radius 1 is 1.12 bits per heavy atom. The van der Waals surface area contributed by atoms with Crippen molar-refractivity contribution in [2.24, 2.45) is 0 Å². The third kappa shape index (κ3) is 5.09. The first-order valence-corrected chi connectivity index (χ1v) is 10.5. The number of aryl methyl sites for hydroxylation is 2. The van der Waals surface area contributed by atoms with Crippen LogP contribution in [0, 0.1) is 13.8 Å². The van der Waals surface area contributed by atoms with Gasteiger partial charge in [0.15, 0.2) is 0 Å². The maximum absolute atomic E-state index is 13.1. The Kier molecular flexibility index (Phi) is 6.43. The van der Waals surface area contributed by atoms with Gasteiger partial charge in [-0.15, -0.1) is 0 Å². The van der Waals surface area contributed by atoms with Crippen LogP contribution in [0.2, 0.25) is 0 Å². The van der Waals surface area contributed by atoms with Crippen molar-refractivity contribution in [2.75, 3.05) is 13.2 Å². The van der Waals surface area contributed by atoms with E-state index in [-0.39, 0.29) is 18.6 Å². The summed E-state index contributed by atoms with van der Waals surface area (Å²) in [6.07, 6.45) is 3.98. The molecule has 0 aliphatic carbocycles. The van der Waals surface area contributed by atoms with E-state index < -0.39 is 12.2 Å². The number of amides is 1. The number of carbonyl (C=O) groups is 1. The number of nitrogens with zero attached hydrogens (tertiary/aromatic N) is 3. The van der Waals surface area contributed by atoms with Crippen molar-refractivity contribution in [3.8, 4) is 17.0 Å². The highest BCUT2D eigenvalue weighted by molar-refractivity contribution is 5.96. The predicted octanol–water partition coefficient (Wildman–Crippen LogP) is 2.78. The van der Waals surface area contributed by atoms with Crippen LogP contribution in [0.5, 0.6) is 5.75 Å². The van der Waals surface area contributed by atoms with E-state index >= 15 is 0 Å². The van der Waals surface area contributed by atoms with Gasteiger partial charge in [-0.05, 0) is 50.6 Å². The molecule has 3 aromatic rings. The third-order valence-electron chi connectivity index (χ3n) is 5.31. The van der Waals surface area contributed by atoms with Gasteiger partial charge in [-0.1, -0.05) is 6.07 Å². The molecule has 1 aliphatic rings. The average molecular weight is 434 g/mol. The van der Waals surface area contributed by atoms with E-state index in [0.717, 1.165) is 22.4 Å². The standard InChI is InChI=1S/C24H26N4O4/c1-14-4-5-21(27-9-14)17-6-18(8-20(7-17)32-23-13-31-12-22(23)29)24(30)28-15(2)19-10-25-16(3)26-11-19/h4-11,15,22-23,29H,12-13H2,1-3H3,(H,28,30)/t15-,22?,23?/m1/s1. The molecule has 0 spiro atoms. The van der Waals surface area contributed by atoms with Crippen molar-refractivity contribution in [3.05, 3.63) is 71.4 Å². The van der Waals surface area contributed by atoms with Crippen molar-refractivity contribution in [2.45, 2.75) is 39.0 Å². The smallest absolute Gasteiger partial charge is 0.251 e. The molecule has 3 atom stereocenters. The molecule has 0 bridgehead atoms.